The summed E-state index contributed by atoms with van der Waals surface area (Å²) < 4.78 is 0. The monoisotopic (exact) mass is 255 g/mol. The van der Waals surface area contributed by atoms with E-state index in [1.54, 1.807) is 0 Å². The summed E-state index contributed by atoms with van der Waals surface area (Å²) in [6.07, 6.45) is 0. The smallest absolute Gasteiger partial charge is 0.0558 e. The Morgan fingerprint density at radius 3 is 2.18 bits per heavy atom. The third-order valence-electron chi connectivity index (χ3n) is 2.50. The zero-order valence-electron chi connectivity index (χ0n) is 10.1. The molecule has 0 radical (unpaired) electrons. The maximum atomic E-state index is 8.87. The highest BCUT2D eigenvalue weighted by atomic mass is 32.2. The number of aliphatic hydroxyl groups is 2. The van der Waals surface area contributed by atoms with Crippen LogP contribution in [-0.2, 0) is 5.75 Å². The molecule has 0 fully saturated rings. The van der Waals surface area contributed by atoms with Crippen molar-refractivity contribution in [2.45, 2.75) is 5.75 Å². The lowest BCUT2D eigenvalue weighted by Crippen LogP contribution is -2.31. The van der Waals surface area contributed by atoms with Crippen LogP contribution in [0.25, 0.3) is 0 Å². The van der Waals surface area contributed by atoms with E-state index in [9.17, 15) is 0 Å². The number of aliphatic hydroxyl groups excluding tert-OH is 2. The zero-order valence-corrected chi connectivity index (χ0v) is 10.9. The normalized spacial score (nSPS) is 11.0. The quantitative estimate of drug-likeness (QED) is 0.651. The first-order valence-electron chi connectivity index (χ1n) is 5.92. The van der Waals surface area contributed by atoms with Crippen LogP contribution in [0.2, 0.25) is 0 Å². The molecule has 1 aromatic rings. The highest BCUT2D eigenvalue weighted by molar-refractivity contribution is 7.98. The van der Waals surface area contributed by atoms with Crippen LogP contribution in [0.15, 0.2) is 30.3 Å². The van der Waals surface area contributed by atoms with Gasteiger partial charge in [-0.2, -0.15) is 11.8 Å². The van der Waals surface area contributed by atoms with Crippen LogP contribution in [-0.4, -0.2) is 53.7 Å². The first-order chi connectivity index (χ1) is 8.36. The summed E-state index contributed by atoms with van der Waals surface area (Å²) in [7, 11) is 0. The third kappa shape index (κ3) is 6.68. The molecule has 3 nitrogen and oxygen atoms in total. The molecule has 0 saturated carbocycles. The fourth-order valence-corrected chi connectivity index (χ4v) is 2.54. The van der Waals surface area contributed by atoms with Crippen LogP contribution < -0.4 is 0 Å². The number of hydrogen-bond donors (Lipinski definition) is 2. The van der Waals surface area contributed by atoms with Gasteiger partial charge in [0.25, 0.3) is 0 Å². The van der Waals surface area contributed by atoms with Gasteiger partial charge in [-0.3, -0.25) is 4.90 Å². The molecule has 0 aliphatic heterocycles. The Morgan fingerprint density at radius 2 is 1.59 bits per heavy atom. The molecular weight excluding hydrogens is 234 g/mol. The van der Waals surface area contributed by atoms with Crippen molar-refractivity contribution in [3.8, 4) is 0 Å². The SMILES string of the molecule is OCCN(CCO)CCSCc1ccccc1. The Kier molecular flexibility index (Phi) is 8.09. The molecule has 0 aromatic heterocycles. The van der Waals surface area contributed by atoms with Crippen molar-refractivity contribution >= 4 is 11.8 Å². The predicted molar refractivity (Wildman–Crippen MR) is 73.2 cm³/mol. The molecule has 1 aromatic carbocycles. The molecule has 0 aliphatic rings. The average Bonchev–Trinajstić information content (AvgIpc) is 2.36. The second-order valence-corrected chi connectivity index (χ2v) is 4.93. The van der Waals surface area contributed by atoms with Crippen LogP contribution in [0.5, 0.6) is 0 Å². The Hall–Kier alpha value is -0.550. The molecule has 1 rings (SSSR count). The fraction of sp³-hybridized carbons (Fsp3) is 0.538. The lowest BCUT2D eigenvalue weighted by molar-refractivity contribution is 0.167. The van der Waals surface area contributed by atoms with Crippen molar-refractivity contribution in [1.82, 2.24) is 4.90 Å². The molecular formula is C13H21NO2S. The van der Waals surface area contributed by atoms with Gasteiger partial charge in [0, 0.05) is 31.1 Å². The Labute approximate surface area is 107 Å². The van der Waals surface area contributed by atoms with Gasteiger partial charge in [0.2, 0.25) is 0 Å². The molecule has 0 heterocycles. The molecule has 4 heteroatoms. The minimum Gasteiger partial charge on any atom is -0.395 e. The van der Waals surface area contributed by atoms with Gasteiger partial charge in [0.05, 0.1) is 13.2 Å². The summed E-state index contributed by atoms with van der Waals surface area (Å²) in [4.78, 5) is 2.08. The number of hydrogen-bond acceptors (Lipinski definition) is 4. The minimum atomic E-state index is 0.156. The van der Waals surface area contributed by atoms with E-state index in [2.05, 4.69) is 29.2 Å². The lowest BCUT2D eigenvalue weighted by atomic mass is 10.2. The Bertz CT molecular complexity index is 276. The van der Waals surface area contributed by atoms with Gasteiger partial charge in [0.1, 0.15) is 0 Å². The van der Waals surface area contributed by atoms with Crippen molar-refractivity contribution in [1.29, 1.82) is 0 Å². The topological polar surface area (TPSA) is 43.7 Å². The van der Waals surface area contributed by atoms with E-state index in [1.807, 2.05) is 17.8 Å². The molecule has 0 aliphatic carbocycles. The van der Waals surface area contributed by atoms with Gasteiger partial charge >= 0.3 is 0 Å². The van der Waals surface area contributed by atoms with E-state index in [4.69, 9.17) is 10.2 Å². The van der Waals surface area contributed by atoms with E-state index in [-0.39, 0.29) is 13.2 Å². The van der Waals surface area contributed by atoms with Gasteiger partial charge in [0.15, 0.2) is 0 Å². The third-order valence-corrected chi connectivity index (χ3v) is 3.50. The molecule has 0 saturated heterocycles. The summed E-state index contributed by atoms with van der Waals surface area (Å²) in [5.41, 5.74) is 1.34. The zero-order chi connectivity index (χ0) is 12.3. The lowest BCUT2D eigenvalue weighted by Gasteiger charge is -2.19. The van der Waals surface area contributed by atoms with Crippen molar-refractivity contribution in [2.75, 3.05) is 38.6 Å². The maximum absolute atomic E-state index is 8.87. The molecule has 0 atom stereocenters. The Morgan fingerprint density at radius 1 is 0.941 bits per heavy atom. The second kappa shape index (κ2) is 9.48. The standard InChI is InChI=1S/C13H21NO2S/c15-9-6-14(7-10-16)8-11-17-12-13-4-2-1-3-5-13/h1-5,15-16H,6-12H2. The number of nitrogens with zero attached hydrogens (tertiary/aromatic N) is 1. The predicted octanol–water partition coefficient (Wildman–Crippen LogP) is 1.21. The molecule has 2 N–H and O–H groups in total. The van der Waals surface area contributed by atoms with Crippen molar-refractivity contribution in [3.63, 3.8) is 0 Å². The van der Waals surface area contributed by atoms with E-state index in [1.165, 1.54) is 5.56 Å². The van der Waals surface area contributed by atoms with Gasteiger partial charge in [-0.05, 0) is 5.56 Å². The van der Waals surface area contributed by atoms with Gasteiger partial charge < -0.3 is 10.2 Å². The fourth-order valence-electron chi connectivity index (χ4n) is 1.58. The summed E-state index contributed by atoms with van der Waals surface area (Å²) in [6.45, 7) is 2.52. The molecule has 0 bridgehead atoms. The average molecular weight is 255 g/mol. The maximum Gasteiger partial charge on any atom is 0.0558 e. The molecule has 0 spiro atoms. The summed E-state index contributed by atoms with van der Waals surface area (Å²) >= 11 is 1.88. The minimum absolute atomic E-state index is 0.156. The van der Waals surface area contributed by atoms with E-state index >= 15 is 0 Å². The van der Waals surface area contributed by atoms with Crippen LogP contribution >= 0.6 is 11.8 Å². The largest absolute Gasteiger partial charge is 0.395 e. The van der Waals surface area contributed by atoms with E-state index in [0.29, 0.717) is 13.1 Å². The van der Waals surface area contributed by atoms with Gasteiger partial charge in [-0.1, -0.05) is 30.3 Å². The van der Waals surface area contributed by atoms with E-state index < -0.39 is 0 Å². The number of benzene rings is 1. The van der Waals surface area contributed by atoms with Gasteiger partial charge in [-0.25, -0.2) is 0 Å². The Balaban J connectivity index is 2.13. The van der Waals surface area contributed by atoms with Crippen molar-refractivity contribution in [3.05, 3.63) is 35.9 Å². The van der Waals surface area contributed by atoms with Gasteiger partial charge in [-0.15, -0.1) is 0 Å². The van der Waals surface area contributed by atoms with Crippen LogP contribution in [0.4, 0.5) is 0 Å². The molecule has 0 amide bonds. The first-order valence-corrected chi connectivity index (χ1v) is 7.08. The summed E-state index contributed by atoms with van der Waals surface area (Å²) in [5.74, 6) is 2.04. The van der Waals surface area contributed by atoms with Crippen LogP contribution in [0, 0.1) is 0 Å². The highest BCUT2D eigenvalue weighted by Crippen LogP contribution is 2.11. The number of thioether (sulfide) groups is 1. The molecule has 17 heavy (non-hydrogen) atoms. The van der Waals surface area contributed by atoms with Crippen LogP contribution in [0.3, 0.4) is 0 Å². The second-order valence-electron chi connectivity index (χ2n) is 3.83. The van der Waals surface area contributed by atoms with Crippen molar-refractivity contribution < 1.29 is 10.2 Å². The van der Waals surface area contributed by atoms with E-state index in [0.717, 1.165) is 18.1 Å². The molecule has 96 valence electrons. The first kappa shape index (κ1) is 14.5. The van der Waals surface area contributed by atoms with Crippen LogP contribution in [0.1, 0.15) is 5.56 Å². The summed E-state index contributed by atoms with van der Waals surface area (Å²) in [6, 6.07) is 10.4. The highest BCUT2D eigenvalue weighted by Gasteiger charge is 2.02. The summed E-state index contributed by atoms with van der Waals surface area (Å²) in [5, 5.41) is 17.7. The number of rotatable bonds is 9. The van der Waals surface area contributed by atoms with Crippen molar-refractivity contribution in [2.24, 2.45) is 0 Å². The molecule has 0 unspecified atom stereocenters.